The van der Waals surface area contributed by atoms with Crippen LogP contribution in [0, 0.1) is 5.92 Å². The van der Waals surface area contributed by atoms with Crippen molar-refractivity contribution >= 4 is 18.3 Å². The van der Waals surface area contributed by atoms with Crippen LogP contribution in [0.1, 0.15) is 36.0 Å². The Labute approximate surface area is 132 Å². The number of hydrogen-bond donors (Lipinski definition) is 1. The fraction of sp³-hybridized carbons (Fsp3) is 0.562. The van der Waals surface area contributed by atoms with Crippen LogP contribution in [0.25, 0.3) is 0 Å². The third-order valence-corrected chi connectivity index (χ3v) is 4.12. The minimum Gasteiger partial charge on any atom is -0.492 e. The highest BCUT2D eigenvalue weighted by Crippen LogP contribution is 2.30. The number of carbonyl (C=O) groups is 1. The van der Waals surface area contributed by atoms with Crippen molar-refractivity contribution in [2.75, 3.05) is 19.7 Å². The number of halogens is 1. The molecule has 3 rings (SSSR count). The summed E-state index contributed by atoms with van der Waals surface area (Å²) >= 11 is 0. The van der Waals surface area contributed by atoms with Crippen LogP contribution >= 0.6 is 12.4 Å². The van der Waals surface area contributed by atoms with Gasteiger partial charge in [0.1, 0.15) is 5.75 Å². The summed E-state index contributed by atoms with van der Waals surface area (Å²) < 4.78 is 5.82. The molecule has 0 atom stereocenters. The first-order chi connectivity index (χ1) is 9.74. The van der Waals surface area contributed by atoms with Crippen LogP contribution in [-0.4, -0.2) is 36.5 Å². The molecule has 1 saturated carbocycles. The van der Waals surface area contributed by atoms with Crippen molar-refractivity contribution in [3.05, 3.63) is 29.8 Å². The van der Waals surface area contributed by atoms with Gasteiger partial charge in [-0.05, 0) is 43.7 Å². The second-order valence-electron chi connectivity index (χ2n) is 5.88. The standard InChI is InChI=1S/C16H22N2O2.ClH/c17-13-7-9-18(10-8-13)16(19)14-3-1-2-4-15(14)20-11-12-5-6-12;/h1-4,12-13H,5-11,17H2;1H. The molecule has 0 aromatic heterocycles. The second kappa shape index (κ2) is 7.14. The lowest BCUT2D eigenvalue weighted by atomic mass is 10.0. The molecule has 1 aromatic carbocycles. The van der Waals surface area contributed by atoms with Gasteiger partial charge in [0.05, 0.1) is 12.2 Å². The fourth-order valence-corrected chi connectivity index (χ4v) is 2.53. The van der Waals surface area contributed by atoms with Gasteiger partial charge in [0.15, 0.2) is 0 Å². The molecular formula is C16H23ClN2O2. The molecular weight excluding hydrogens is 288 g/mol. The summed E-state index contributed by atoms with van der Waals surface area (Å²) in [5, 5.41) is 0. The van der Waals surface area contributed by atoms with Gasteiger partial charge >= 0.3 is 0 Å². The summed E-state index contributed by atoms with van der Waals surface area (Å²) in [6.45, 7) is 2.23. The van der Waals surface area contributed by atoms with Crippen molar-refractivity contribution < 1.29 is 9.53 Å². The summed E-state index contributed by atoms with van der Waals surface area (Å²) in [5.41, 5.74) is 6.57. The van der Waals surface area contributed by atoms with Gasteiger partial charge in [0, 0.05) is 19.1 Å². The highest BCUT2D eigenvalue weighted by Gasteiger charge is 2.25. The summed E-state index contributed by atoms with van der Waals surface area (Å²) in [6.07, 6.45) is 4.27. The number of benzene rings is 1. The summed E-state index contributed by atoms with van der Waals surface area (Å²) in [5.74, 6) is 1.48. The molecule has 1 amide bonds. The van der Waals surface area contributed by atoms with Gasteiger partial charge in [-0.1, -0.05) is 12.1 Å². The fourth-order valence-electron chi connectivity index (χ4n) is 2.53. The lowest BCUT2D eigenvalue weighted by Gasteiger charge is -2.30. The lowest BCUT2D eigenvalue weighted by Crippen LogP contribution is -2.42. The summed E-state index contributed by atoms with van der Waals surface area (Å²) in [6, 6.07) is 7.81. The molecule has 1 aromatic rings. The van der Waals surface area contributed by atoms with Gasteiger partial charge < -0.3 is 15.4 Å². The summed E-state index contributed by atoms with van der Waals surface area (Å²) in [4.78, 5) is 14.5. The molecule has 0 spiro atoms. The van der Waals surface area contributed by atoms with Gasteiger partial charge in [-0.25, -0.2) is 0 Å². The van der Waals surface area contributed by atoms with Crippen molar-refractivity contribution in [1.82, 2.24) is 4.90 Å². The van der Waals surface area contributed by atoms with Gasteiger partial charge in [0.2, 0.25) is 0 Å². The Morgan fingerprint density at radius 3 is 2.52 bits per heavy atom. The number of carbonyl (C=O) groups excluding carboxylic acids is 1. The van der Waals surface area contributed by atoms with E-state index in [1.165, 1.54) is 12.8 Å². The number of rotatable bonds is 4. The molecule has 5 heteroatoms. The Hall–Kier alpha value is -1.26. The molecule has 0 radical (unpaired) electrons. The molecule has 1 aliphatic carbocycles. The van der Waals surface area contributed by atoms with E-state index in [9.17, 15) is 4.79 Å². The van der Waals surface area contributed by atoms with Crippen molar-refractivity contribution in [3.63, 3.8) is 0 Å². The van der Waals surface area contributed by atoms with E-state index < -0.39 is 0 Å². The minimum atomic E-state index is 0. The number of nitrogens with two attached hydrogens (primary N) is 1. The van der Waals surface area contributed by atoms with Crippen LogP contribution in [0.15, 0.2) is 24.3 Å². The number of ether oxygens (including phenoxy) is 1. The highest BCUT2D eigenvalue weighted by molar-refractivity contribution is 5.97. The number of nitrogens with zero attached hydrogens (tertiary/aromatic N) is 1. The zero-order chi connectivity index (χ0) is 13.9. The van der Waals surface area contributed by atoms with Crippen LogP contribution in [-0.2, 0) is 0 Å². The van der Waals surface area contributed by atoms with Crippen LogP contribution in [0.3, 0.4) is 0 Å². The SMILES string of the molecule is Cl.NC1CCN(C(=O)c2ccccc2OCC2CC2)CC1. The molecule has 116 valence electrons. The first-order valence-electron chi connectivity index (χ1n) is 7.50. The molecule has 0 bridgehead atoms. The zero-order valence-electron chi connectivity index (χ0n) is 12.2. The molecule has 2 fully saturated rings. The number of para-hydroxylation sites is 1. The van der Waals surface area contributed by atoms with Crippen molar-refractivity contribution in [3.8, 4) is 5.75 Å². The zero-order valence-corrected chi connectivity index (χ0v) is 13.0. The van der Waals surface area contributed by atoms with Crippen LogP contribution < -0.4 is 10.5 Å². The third-order valence-electron chi connectivity index (χ3n) is 4.12. The predicted molar refractivity (Wildman–Crippen MR) is 85.0 cm³/mol. The molecule has 1 heterocycles. The van der Waals surface area contributed by atoms with Crippen molar-refractivity contribution in [2.24, 2.45) is 11.7 Å². The van der Waals surface area contributed by atoms with Gasteiger partial charge in [-0.3, -0.25) is 4.79 Å². The average Bonchev–Trinajstić information content (AvgIpc) is 3.30. The Morgan fingerprint density at radius 2 is 1.86 bits per heavy atom. The second-order valence-corrected chi connectivity index (χ2v) is 5.88. The molecule has 1 aliphatic heterocycles. The topological polar surface area (TPSA) is 55.6 Å². The predicted octanol–water partition coefficient (Wildman–Crippen LogP) is 2.46. The Kier molecular flexibility index (Phi) is 5.48. The molecule has 2 aliphatic rings. The van der Waals surface area contributed by atoms with Crippen molar-refractivity contribution in [2.45, 2.75) is 31.7 Å². The summed E-state index contributed by atoms with van der Waals surface area (Å²) in [7, 11) is 0. The third kappa shape index (κ3) is 4.11. The smallest absolute Gasteiger partial charge is 0.257 e. The van der Waals surface area contributed by atoms with Crippen LogP contribution in [0.2, 0.25) is 0 Å². The molecule has 0 unspecified atom stereocenters. The maximum absolute atomic E-state index is 12.6. The van der Waals surface area contributed by atoms with E-state index in [0.717, 1.165) is 38.3 Å². The van der Waals surface area contributed by atoms with E-state index >= 15 is 0 Å². The van der Waals surface area contributed by atoms with E-state index in [0.29, 0.717) is 11.5 Å². The van der Waals surface area contributed by atoms with Crippen LogP contribution in [0.4, 0.5) is 0 Å². The van der Waals surface area contributed by atoms with E-state index in [1.54, 1.807) is 0 Å². The Morgan fingerprint density at radius 1 is 1.19 bits per heavy atom. The molecule has 4 nitrogen and oxygen atoms in total. The number of hydrogen-bond acceptors (Lipinski definition) is 3. The van der Waals surface area contributed by atoms with E-state index in [2.05, 4.69) is 0 Å². The monoisotopic (exact) mass is 310 g/mol. The van der Waals surface area contributed by atoms with Gasteiger partial charge in [-0.15, -0.1) is 12.4 Å². The maximum atomic E-state index is 12.6. The van der Waals surface area contributed by atoms with Crippen molar-refractivity contribution in [1.29, 1.82) is 0 Å². The largest absolute Gasteiger partial charge is 0.492 e. The van der Waals surface area contributed by atoms with E-state index in [1.807, 2.05) is 29.2 Å². The first-order valence-corrected chi connectivity index (χ1v) is 7.50. The number of amides is 1. The van der Waals surface area contributed by atoms with Gasteiger partial charge in [0.25, 0.3) is 5.91 Å². The normalized spacial score (nSPS) is 19.0. The quantitative estimate of drug-likeness (QED) is 0.929. The molecule has 2 N–H and O–H groups in total. The van der Waals surface area contributed by atoms with Gasteiger partial charge in [-0.2, -0.15) is 0 Å². The van der Waals surface area contributed by atoms with Crippen LogP contribution in [0.5, 0.6) is 5.75 Å². The first kappa shape index (κ1) is 16.1. The number of piperidine rings is 1. The Bertz CT molecular complexity index is 483. The van der Waals surface area contributed by atoms with E-state index in [-0.39, 0.29) is 24.4 Å². The molecule has 1 saturated heterocycles. The Balaban J connectivity index is 0.00000161. The molecule has 21 heavy (non-hydrogen) atoms. The number of likely N-dealkylation sites (tertiary alicyclic amines) is 1. The van der Waals surface area contributed by atoms with E-state index in [4.69, 9.17) is 10.5 Å². The average molecular weight is 311 g/mol. The minimum absolute atomic E-state index is 0. The lowest BCUT2D eigenvalue weighted by molar-refractivity contribution is 0.0710. The highest BCUT2D eigenvalue weighted by atomic mass is 35.5. The maximum Gasteiger partial charge on any atom is 0.257 e.